The third kappa shape index (κ3) is 2.81. The zero-order valence-corrected chi connectivity index (χ0v) is 13.7. The summed E-state index contributed by atoms with van der Waals surface area (Å²) in [5.41, 5.74) is -0.659. The molecule has 0 aromatic carbocycles. The molecule has 2 aliphatic rings. The van der Waals surface area contributed by atoms with Gasteiger partial charge in [-0.1, -0.05) is 20.8 Å². The van der Waals surface area contributed by atoms with E-state index in [1.54, 1.807) is 0 Å². The molecule has 1 unspecified atom stereocenters. The van der Waals surface area contributed by atoms with Gasteiger partial charge in [0.1, 0.15) is 5.73 Å². The molecule has 20 heavy (non-hydrogen) atoms. The van der Waals surface area contributed by atoms with Crippen molar-refractivity contribution in [2.75, 3.05) is 6.61 Å². The standard InChI is InChI=1S/C15H26BFO3/c1-13(2,3)11-8-10(9-18-11)12(17)16-19-14(4,5)15(6,7)20-16/h11H,8-9H2,1-7H3. The van der Waals surface area contributed by atoms with Gasteiger partial charge in [-0.2, -0.15) is 0 Å². The van der Waals surface area contributed by atoms with Gasteiger partial charge in [-0.15, -0.1) is 0 Å². The summed E-state index contributed by atoms with van der Waals surface area (Å²) >= 11 is 0. The van der Waals surface area contributed by atoms with Crippen LogP contribution < -0.4 is 0 Å². The normalized spacial score (nSPS) is 31.8. The topological polar surface area (TPSA) is 27.7 Å². The van der Waals surface area contributed by atoms with E-state index in [2.05, 4.69) is 20.8 Å². The second kappa shape index (κ2) is 4.82. The van der Waals surface area contributed by atoms with Gasteiger partial charge in [0.05, 0.1) is 23.9 Å². The van der Waals surface area contributed by atoms with Crippen LogP contribution >= 0.6 is 0 Å². The Morgan fingerprint density at radius 1 is 1.15 bits per heavy atom. The third-order valence-corrected chi connectivity index (χ3v) is 4.65. The summed E-state index contributed by atoms with van der Waals surface area (Å²) in [4.78, 5) is 0. The second-order valence-electron chi connectivity index (χ2n) is 7.91. The Balaban J connectivity index is 2.14. The molecule has 2 aliphatic heterocycles. The van der Waals surface area contributed by atoms with E-state index >= 15 is 0 Å². The van der Waals surface area contributed by atoms with Crippen molar-refractivity contribution in [3.05, 3.63) is 11.3 Å². The van der Waals surface area contributed by atoms with E-state index in [1.807, 2.05) is 27.7 Å². The minimum absolute atomic E-state index is 0.0119. The van der Waals surface area contributed by atoms with Crippen molar-refractivity contribution >= 4 is 7.12 Å². The van der Waals surface area contributed by atoms with Crippen molar-refractivity contribution in [2.24, 2.45) is 5.41 Å². The predicted octanol–water partition coefficient (Wildman–Crippen LogP) is 3.68. The molecule has 0 aromatic rings. The smallest absolute Gasteiger partial charge is 0.398 e. The molecule has 2 saturated heterocycles. The molecule has 114 valence electrons. The monoisotopic (exact) mass is 284 g/mol. The van der Waals surface area contributed by atoms with E-state index in [9.17, 15) is 4.39 Å². The Kier molecular flexibility index (Phi) is 3.85. The Labute approximate surface area is 122 Å². The Hall–Kier alpha value is -0.385. The molecule has 2 fully saturated rings. The number of halogens is 1. The van der Waals surface area contributed by atoms with Crippen molar-refractivity contribution in [3.8, 4) is 0 Å². The van der Waals surface area contributed by atoms with E-state index in [-0.39, 0.29) is 17.2 Å². The molecular formula is C15H26BFO3. The quantitative estimate of drug-likeness (QED) is 0.687. The number of hydrogen-bond acceptors (Lipinski definition) is 3. The SMILES string of the molecule is CC(C)(C)C1CC(=C(F)B2OC(C)(C)C(C)(C)O2)CO1. The summed E-state index contributed by atoms with van der Waals surface area (Å²) in [5.74, 6) is 0. The van der Waals surface area contributed by atoms with Crippen LogP contribution in [0.5, 0.6) is 0 Å². The van der Waals surface area contributed by atoms with Crippen molar-refractivity contribution in [1.29, 1.82) is 0 Å². The van der Waals surface area contributed by atoms with Gasteiger partial charge in [0.15, 0.2) is 0 Å². The molecule has 0 bridgehead atoms. The molecule has 2 rings (SSSR count). The highest BCUT2D eigenvalue weighted by molar-refractivity contribution is 6.53. The van der Waals surface area contributed by atoms with Crippen LogP contribution in [0.25, 0.3) is 0 Å². The Bertz CT molecular complexity index is 407. The van der Waals surface area contributed by atoms with Crippen LogP contribution in [0.3, 0.4) is 0 Å². The molecule has 0 radical (unpaired) electrons. The molecule has 0 N–H and O–H groups in total. The minimum atomic E-state index is -0.905. The lowest BCUT2D eigenvalue weighted by molar-refractivity contribution is 0.00578. The van der Waals surface area contributed by atoms with Crippen LogP contribution in [0.1, 0.15) is 54.9 Å². The number of rotatable bonds is 1. The van der Waals surface area contributed by atoms with Crippen molar-refractivity contribution in [3.63, 3.8) is 0 Å². The number of hydrogen-bond donors (Lipinski definition) is 0. The predicted molar refractivity (Wildman–Crippen MR) is 78.0 cm³/mol. The van der Waals surface area contributed by atoms with E-state index in [1.165, 1.54) is 0 Å². The molecule has 2 heterocycles. The maximum Gasteiger partial charge on any atom is 0.525 e. The van der Waals surface area contributed by atoms with Crippen LogP contribution in [0.2, 0.25) is 0 Å². The summed E-state index contributed by atoms with van der Waals surface area (Å²) in [6, 6.07) is 0. The molecular weight excluding hydrogens is 258 g/mol. The Morgan fingerprint density at radius 3 is 2.05 bits per heavy atom. The van der Waals surface area contributed by atoms with Crippen LogP contribution in [-0.2, 0) is 14.0 Å². The second-order valence-corrected chi connectivity index (χ2v) is 7.91. The lowest BCUT2D eigenvalue weighted by Crippen LogP contribution is -2.41. The summed E-state index contributed by atoms with van der Waals surface area (Å²) in [6.07, 6.45) is 0.657. The summed E-state index contributed by atoms with van der Waals surface area (Å²) in [7, 11) is -0.905. The van der Waals surface area contributed by atoms with Gasteiger partial charge in [0.25, 0.3) is 0 Å². The van der Waals surface area contributed by atoms with Crippen molar-refractivity contribution in [2.45, 2.75) is 72.2 Å². The van der Waals surface area contributed by atoms with Crippen LogP contribution in [0.15, 0.2) is 11.3 Å². The van der Waals surface area contributed by atoms with Gasteiger partial charge in [-0.25, -0.2) is 4.39 Å². The third-order valence-electron chi connectivity index (χ3n) is 4.65. The fraction of sp³-hybridized carbons (Fsp3) is 0.867. The van der Waals surface area contributed by atoms with Crippen LogP contribution in [0, 0.1) is 5.41 Å². The molecule has 0 saturated carbocycles. The van der Waals surface area contributed by atoms with Crippen LogP contribution in [-0.4, -0.2) is 31.0 Å². The molecule has 0 aromatic heterocycles. The lowest BCUT2D eigenvalue weighted by Gasteiger charge is -2.32. The first-order valence-electron chi connectivity index (χ1n) is 7.29. The fourth-order valence-electron chi connectivity index (χ4n) is 2.38. The maximum absolute atomic E-state index is 14.6. The van der Waals surface area contributed by atoms with E-state index < -0.39 is 18.3 Å². The van der Waals surface area contributed by atoms with Gasteiger partial charge in [0.2, 0.25) is 0 Å². The zero-order chi connectivity index (χ0) is 15.3. The highest BCUT2D eigenvalue weighted by Crippen LogP contribution is 2.41. The fourth-order valence-corrected chi connectivity index (χ4v) is 2.38. The van der Waals surface area contributed by atoms with Gasteiger partial charge in [0, 0.05) is 0 Å². The highest BCUT2D eigenvalue weighted by Gasteiger charge is 2.54. The average Bonchev–Trinajstić information content (AvgIpc) is 2.81. The molecule has 0 spiro atoms. The zero-order valence-electron chi connectivity index (χ0n) is 13.7. The summed E-state index contributed by atoms with van der Waals surface area (Å²) < 4.78 is 31.8. The minimum Gasteiger partial charge on any atom is -0.398 e. The van der Waals surface area contributed by atoms with E-state index in [0.29, 0.717) is 18.6 Å². The van der Waals surface area contributed by atoms with Crippen LogP contribution in [0.4, 0.5) is 4.39 Å². The van der Waals surface area contributed by atoms with Gasteiger partial charge >= 0.3 is 7.12 Å². The highest BCUT2D eigenvalue weighted by atomic mass is 19.1. The molecule has 3 nitrogen and oxygen atoms in total. The Morgan fingerprint density at radius 2 is 1.65 bits per heavy atom. The van der Waals surface area contributed by atoms with Gasteiger partial charge in [-0.3, -0.25) is 0 Å². The molecule has 1 atom stereocenters. The maximum atomic E-state index is 14.6. The first-order valence-corrected chi connectivity index (χ1v) is 7.29. The van der Waals surface area contributed by atoms with Crippen molar-refractivity contribution in [1.82, 2.24) is 0 Å². The summed E-state index contributed by atoms with van der Waals surface area (Å²) in [6.45, 7) is 14.3. The molecule has 5 heteroatoms. The van der Waals surface area contributed by atoms with E-state index in [4.69, 9.17) is 14.0 Å². The lowest BCUT2D eigenvalue weighted by atomic mass is 9.81. The first-order chi connectivity index (χ1) is 8.94. The molecule has 0 aliphatic carbocycles. The van der Waals surface area contributed by atoms with Gasteiger partial charge < -0.3 is 14.0 Å². The number of ether oxygens (including phenoxy) is 1. The van der Waals surface area contributed by atoms with E-state index in [0.717, 1.165) is 0 Å². The summed E-state index contributed by atoms with van der Waals surface area (Å²) in [5, 5.41) is 0. The van der Waals surface area contributed by atoms with Gasteiger partial charge in [-0.05, 0) is 45.1 Å². The largest absolute Gasteiger partial charge is 0.525 e. The average molecular weight is 284 g/mol. The van der Waals surface area contributed by atoms with Crippen molar-refractivity contribution < 1.29 is 18.4 Å². The molecule has 0 amide bonds. The first kappa shape index (κ1) is 16.0.